The van der Waals surface area contributed by atoms with E-state index in [1.807, 2.05) is 97.9 Å². The van der Waals surface area contributed by atoms with Crippen LogP contribution in [0.4, 0.5) is 4.79 Å². The number of ether oxygens (including phenoxy) is 3. The number of nitrogens with zero attached hydrogens (tertiary/aromatic N) is 1. The second-order valence-corrected chi connectivity index (χ2v) is 11.1. The summed E-state index contributed by atoms with van der Waals surface area (Å²) in [6.45, 7) is 2.50. The van der Waals surface area contributed by atoms with Crippen LogP contribution in [0.3, 0.4) is 0 Å². The number of imide groups is 1. The third-order valence-corrected chi connectivity index (χ3v) is 7.84. The van der Waals surface area contributed by atoms with Gasteiger partial charge in [-0.15, -0.1) is 0 Å². The van der Waals surface area contributed by atoms with Crippen LogP contribution in [0.2, 0.25) is 0 Å². The van der Waals surface area contributed by atoms with Gasteiger partial charge in [-0.2, -0.15) is 0 Å². The molecule has 1 fully saturated rings. The molecule has 8 nitrogen and oxygen atoms in total. The molecule has 0 bridgehead atoms. The van der Waals surface area contributed by atoms with Crippen LogP contribution < -0.4 is 14.8 Å². The molecule has 4 aromatic rings. The molecule has 1 saturated heterocycles. The van der Waals surface area contributed by atoms with E-state index in [0.29, 0.717) is 42.9 Å². The molecule has 1 heterocycles. The lowest BCUT2D eigenvalue weighted by atomic mass is 9.92. The van der Waals surface area contributed by atoms with Gasteiger partial charge < -0.3 is 19.5 Å². The van der Waals surface area contributed by atoms with Gasteiger partial charge in [-0.25, -0.2) is 9.69 Å². The fourth-order valence-electron chi connectivity index (χ4n) is 5.55. The molecule has 1 N–H and O–H groups in total. The van der Waals surface area contributed by atoms with E-state index in [1.54, 1.807) is 12.1 Å². The Hall–Kier alpha value is -5.11. The molecular formula is C37H38N2O6. The summed E-state index contributed by atoms with van der Waals surface area (Å²) in [5.74, 6) is 0.910. The van der Waals surface area contributed by atoms with Crippen molar-refractivity contribution in [2.45, 2.75) is 45.2 Å². The van der Waals surface area contributed by atoms with Crippen molar-refractivity contribution in [2.75, 3.05) is 13.7 Å². The highest BCUT2D eigenvalue weighted by Gasteiger charge is 2.40. The van der Waals surface area contributed by atoms with Gasteiger partial charge in [0.25, 0.3) is 5.91 Å². The summed E-state index contributed by atoms with van der Waals surface area (Å²) in [6, 6.07) is 31.9. The minimum atomic E-state index is -0.600. The molecule has 0 spiro atoms. The molecule has 1 aliphatic heterocycles. The predicted octanol–water partition coefficient (Wildman–Crippen LogP) is 6.97. The van der Waals surface area contributed by atoms with E-state index in [1.165, 1.54) is 12.0 Å². The highest BCUT2D eigenvalue weighted by atomic mass is 16.6. The first-order valence-electron chi connectivity index (χ1n) is 15.3. The van der Waals surface area contributed by atoms with E-state index < -0.39 is 12.0 Å². The molecule has 232 valence electrons. The van der Waals surface area contributed by atoms with Crippen LogP contribution in [-0.4, -0.2) is 42.6 Å². The largest absolute Gasteiger partial charge is 0.496 e. The number of hydrogen-bond donors (Lipinski definition) is 1. The van der Waals surface area contributed by atoms with E-state index in [-0.39, 0.29) is 24.5 Å². The Balaban J connectivity index is 1.25. The monoisotopic (exact) mass is 606 g/mol. The van der Waals surface area contributed by atoms with Crippen LogP contribution in [0.5, 0.6) is 17.2 Å². The van der Waals surface area contributed by atoms with Crippen LogP contribution in [-0.2, 0) is 28.9 Å². The van der Waals surface area contributed by atoms with Crippen molar-refractivity contribution in [1.29, 1.82) is 0 Å². The molecular weight excluding hydrogens is 568 g/mol. The topological polar surface area (TPSA) is 94.2 Å². The number of para-hydroxylation sites is 1. The number of carbonyl (C=O) groups excluding carboxylic acids is 3. The van der Waals surface area contributed by atoms with Crippen molar-refractivity contribution in [3.63, 3.8) is 0 Å². The second-order valence-electron chi connectivity index (χ2n) is 11.1. The molecule has 2 atom stereocenters. The molecule has 0 aromatic heterocycles. The summed E-state index contributed by atoms with van der Waals surface area (Å²) in [5, 5.41) is 2.97. The van der Waals surface area contributed by atoms with Crippen molar-refractivity contribution >= 4 is 17.9 Å². The van der Waals surface area contributed by atoms with Crippen LogP contribution in [0.25, 0.3) is 0 Å². The van der Waals surface area contributed by atoms with Crippen LogP contribution in [0.1, 0.15) is 46.8 Å². The van der Waals surface area contributed by atoms with Gasteiger partial charge in [0.1, 0.15) is 23.9 Å². The predicted molar refractivity (Wildman–Crippen MR) is 171 cm³/mol. The first-order valence-corrected chi connectivity index (χ1v) is 15.3. The molecule has 4 aromatic carbocycles. The maximum absolute atomic E-state index is 13.8. The summed E-state index contributed by atoms with van der Waals surface area (Å²) in [6.07, 6.45) is 1.67. The number of benzene rings is 4. The Morgan fingerprint density at radius 1 is 0.889 bits per heavy atom. The molecule has 0 aliphatic carbocycles. The van der Waals surface area contributed by atoms with E-state index in [9.17, 15) is 14.4 Å². The fourth-order valence-corrected chi connectivity index (χ4v) is 5.55. The minimum absolute atomic E-state index is 0.175. The Morgan fingerprint density at radius 2 is 1.56 bits per heavy atom. The quantitative estimate of drug-likeness (QED) is 0.177. The zero-order valence-corrected chi connectivity index (χ0v) is 25.6. The van der Waals surface area contributed by atoms with Gasteiger partial charge in [0, 0.05) is 12.5 Å². The number of methoxy groups -OCH3 is 1. The van der Waals surface area contributed by atoms with Crippen molar-refractivity contribution in [2.24, 2.45) is 5.92 Å². The molecule has 45 heavy (non-hydrogen) atoms. The number of rotatable bonds is 13. The number of nitrogens with one attached hydrogen (secondary N) is 1. The second kappa shape index (κ2) is 15.1. The van der Waals surface area contributed by atoms with Gasteiger partial charge in [0.05, 0.1) is 18.7 Å². The lowest BCUT2D eigenvalue weighted by molar-refractivity contribution is -0.133. The maximum atomic E-state index is 13.8. The zero-order chi connectivity index (χ0) is 31.6. The van der Waals surface area contributed by atoms with Gasteiger partial charge in [-0.1, -0.05) is 80.1 Å². The number of hydrogen-bond acceptors (Lipinski definition) is 6. The third-order valence-electron chi connectivity index (χ3n) is 7.84. The van der Waals surface area contributed by atoms with Crippen molar-refractivity contribution in [3.05, 3.63) is 125 Å². The van der Waals surface area contributed by atoms with Crippen LogP contribution >= 0.6 is 0 Å². The van der Waals surface area contributed by atoms with Gasteiger partial charge in [-0.05, 0) is 72.4 Å². The van der Waals surface area contributed by atoms with E-state index in [2.05, 4.69) is 5.32 Å². The molecule has 1 aliphatic rings. The van der Waals surface area contributed by atoms with Crippen LogP contribution in [0, 0.1) is 5.92 Å². The SMILES string of the molecule is CCC[C@@H](Cc1ccc(OC)c(C(=O)NCc2ccc(Oc3ccccc3)cc2)c1)C(=O)N1C(=O)OCC1Cc1ccccc1. The average Bonchev–Trinajstić information content (AvgIpc) is 3.43. The summed E-state index contributed by atoms with van der Waals surface area (Å²) in [4.78, 5) is 41.1. The average molecular weight is 607 g/mol. The standard InChI is InChI=1S/C37H38N2O6/c1-3-10-29(36(41)39-30(25-44-37(39)42)22-26-11-6-4-7-12-26)21-28-17-20-34(43-2)33(23-28)35(40)38-24-27-15-18-32(19-16-27)45-31-13-8-5-9-14-31/h4-9,11-20,23,29-30H,3,10,21-22,24-25H2,1-2H3,(H,38,40)/t29-,30?/m0/s1. The molecule has 0 radical (unpaired) electrons. The summed E-state index contributed by atoms with van der Waals surface area (Å²) in [7, 11) is 1.52. The lowest BCUT2D eigenvalue weighted by Crippen LogP contribution is -2.44. The third kappa shape index (κ3) is 8.09. The normalized spacial score (nSPS) is 14.8. The smallest absolute Gasteiger partial charge is 0.416 e. The highest BCUT2D eigenvalue weighted by Crippen LogP contribution is 2.27. The first kappa shape index (κ1) is 31.3. The highest BCUT2D eigenvalue weighted by molar-refractivity contribution is 5.97. The Bertz CT molecular complexity index is 1590. The van der Waals surface area contributed by atoms with E-state index in [0.717, 1.165) is 28.9 Å². The number of cyclic esters (lactones) is 1. The number of amides is 3. The van der Waals surface area contributed by atoms with E-state index in [4.69, 9.17) is 14.2 Å². The molecule has 5 rings (SSSR count). The molecule has 0 saturated carbocycles. The van der Waals surface area contributed by atoms with Crippen molar-refractivity contribution in [1.82, 2.24) is 10.2 Å². The summed E-state index contributed by atoms with van der Waals surface area (Å²) < 4.78 is 16.7. The van der Waals surface area contributed by atoms with Gasteiger partial charge >= 0.3 is 6.09 Å². The molecule has 3 amide bonds. The van der Waals surface area contributed by atoms with E-state index >= 15 is 0 Å². The Labute approximate surface area is 263 Å². The molecule has 8 heteroatoms. The van der Waals surface area contributed by atoms with Gasteiger partial charge in [0.2, 0.25) is 5.91 Å². The minimum Gasteiger partial charge on any atom is -0.496 e. The van der Waals surface area contributed by atoms with Gasteiger partial charge in [0.15, 0.2) is 0 Å². The van der Waals surface area contributed by atoms with Crippen molar-refractivity contribution in [3.8, 4) is 17.2 Å². The molecule has 1 unspecified atom stereocenters. The zero-order valence-electron chi connectivity index (χ0n) is 25.6. The van der Waals surface area contributed by atoms with Crippen molar-refractivity contribution < 1.29 is 28.6 Å². The fraction of sp³-hybridized carbons (Fsp3) is 0.270. The lowest BCUT2D eigenvalue weighted by Gasteiger charge is -2.25. The van der Waals surface area contributed by atoms with Crippen LogP contribution in [0.15, 0.2) is 103 Å². The van der Waals surface area contributed by atoms with Gasteiger partial charge in [-0.3, -0.25) is 9.59 Å². The Morgan fingerprint density at radius 3 is 2.24 bits per heavy atom. The summed E-state index contributed by atoms with van der Waals surface area (Å²) in [5.41, 5.74) is 3.13. The number of carbonyl (C=O) groups is 3. The first-order chi connectivity index (χ1) is 21.9. The Kier molecular flexibility index (Phi) is 10.5. The maximum Gasteiger partial charge on any atom is 0.416 e. The summed E-state index contributed by atoms with van der Waals surface area (Å²) >= 11 is 0.